The average Bonchev–Trinajstić information content (AvgIpc) is 3.22. The molecule has 17 nitrogen and oxygen atoms in total. The van der Waals surface area contributed by atoms with E-state index >= 15 is 0 Å². The Kier molecular flexibility index (Phi) is 12.7. The van der Waals surface area contributed by atoms with Gasteiger partial charge in [-0.15, -0.1) is 0 Å². The molecule has 8 rings (SSSR count). The van der Waals surface area contributed by atoms with Crippen molar-refractivity contribution in [1.29, 1.82) is 0 Å². The second-order valence-electron chi connectivity index (χ2n) is 22.3. The molecule has 3 heterocycles. The van der Waals surface area contributed by atoms with Crippen LogP contribution < -0.4 is 0 Å². The topological polar surface area (TPSA) is 275 Å². The highest BCUT2D eigenvalue weighted by Gasteiger charge is 2.72. The lowest BCUT2D eigenvalue weighted by atomic mass is 9.33. The minimum Gasteiger partial charge on any atom is -0.432 e. The summed E-state index contributed by atoms with van der Waals surface area (Å²) >= 11 is 0. The number of aliphatic hydroxyl groups excluding tert-OH is 9. The SMILES string of the molecule is CC1CCC2(C(=O)OC3OC(COC4OCC(O)C(O)C4O)C(O)C(O)C3O)CCC3(C)C(=CCC4C5(C)CCC(OC6OCC(O)C(O)C6O)C(C)(C)C5CCC43C)C2C1(C)O. The minimum atomic E-state index is -1.82. The molecule has 5 aliphatic carbocycles. The highest BCUT2D eigenvalue weighted by molar-refractivity contribution is 5.79. The molecule has 17 heteroatoms. The first kappa shape index (κ1) is 48.1. The smallest absolute Gasteiger partial charge is 0.315 e. The van der Waals surface area contributed by atoms with E-state index in [1.165, 1.54) is 0 Å². The van der Waals surface area contributed by atoms with E-state index in [-0.39, 0.29) is 53.3 Å². The maximum absolute atomic E-state index is 15.0. The normalized spacial score (nSPS) is 55.6. The predicted octanol–water partition coefficient (Wildman–Crippen LogP) is 0.390. The van der Waals surface area contributed by atoms with Crippen LogP contribution >= 0.6 is 0 Å². The van der Waals surface area contributed by atoms with Crippen LogP contribution in [0, 0.1) is 50.7 Å². The fourth-order valence-electron chi connectivity index (χ4n) is 14.6. The van der Waals surface area contributed by atoms with Crippen LogP contribution in [0.15, 0.2) is 11.6 Å². The maximum Gasteiger partial charge on any atom is 0.315 e. The van der Waals surface area contributed by atoms with E-state index in [0.29, 0.717) is 32.1 Å². The molecule has 360 valence electrons. The van der Waals surface area contributed by atoms with Crippen LogP contribution in [-0.4, -0.2) is 168 Å². The predicted molar refractivity (Wildman–Crippen MR) is 220 cm³/mol. The Balaban J connectivity index is 1.04. The number of allylic oxidation sites excluding steroid dienone is 1. The molecular formula is C46H74O17. The van der Waals surface area contributed by atoms with Gasteiger partial charge >= 0.3 is 5.97 Å². The van der Waals surface area contributed by atoms with Crippen LogP contribution in [0.1, 0.15) is 106 Å². The summed E-state index contributed by atoms with van der Waals surface area (Å²) in [5, 5.41) is 107. The lowest BCUT2D eigenvalue weighted by Gasteiger charge is -2.72. The van der Waals surface area contributed by atoms with Crippen molar-refractivity contribution >= 4 is 5.97 Å². The van der Waals surface area contributed by atoms with E-state index in [1.807, 2.05) is 13.8 Å². The van der Waals surface area contributed by atoms with Gasteiger partial charge in [0.25, 0.3) is 0 Å². The number of hydrogen-bond acceptors (Lipinski definition) is 17. The van der Waals surface area contributed by atoms with Crippen LogP contribution in [-0.2, 0) is 33.2 Å². The standard InChI is InChI=1S/C46H74O17/c1-21-10-15-46(40(56)63-39-35(55)32(52)31(51)25(61-39)20-60-37-33(53)29(49)23(47)18-58-37)17-16-43(5)22(36(46)45(21,7)57)8-9-27-42(4)13-12-28(41(2,3)26(42)11-14-44(27,43)6)62-38-34(54)30(50)24(48)19-59-38/h8,21,23-39,47-55,57H,9-20H2,1-7H3. The molecule has 0 spiro atoms. The molecule has 23 unspecified atom stereocenters. The Morgan fingerprint density at radius 1 is 0.698 bits per heavy atom. The highest BCUT2D eigenvalue weighted by Crippen LogP contribution is 2.76. The van der Waals surface area contributed by atoms with Gasteiger partial charge in [0.05, 0.1) is 36.9 Å². The van der Waals surface area contributed by atoms with Gasteiger partial charge in [-0.2, -0.15) is 0 Å². The molecule has 3 aliphatic heterocycles. The number of fused-ring (bicyclic) bond motifs is 7. The van der Waals surface area contributed by atoms with Crippen molar-refractivity contribution in [2.45, 2.75) is 198 Å². The highest BCUT2D eigenvalue weighted by atomic mass is 16.7. The zero-order valence-electron chi connectivity index (χ0n) is 37.8. The van der Waals surface area contributed by atoms with Crippen molar-refractivity contribution in [3.63, 3.8) is 0 Å². The van der Waals surface area contributed by atoms with Crippen molar-refractivity contribution in [3.05, 3.63) is 11.6 Å². The maximum atomic E-state index is 15.0. The van der Waals surface area contributed by atoms with Crippen molar-refractivity contribution in [1.82, 2.24) is 0 Å². The summed E-state index contributed by atoms with van der Waals surface area (Å²) in [5.41, 5.74) is -2.54. The molecule has 0 radical (unpaired) electrons. The summed E-state index contributed by atoms with van der Waals surface area (Å²) in [5.74, 6) is -0.971. The van der Waals surface area contributed by atoms with Gasteiger partial charge in [0.1, 0.15) is 61.0 Å². The summed E-state index contributed by atoms with van der Waals surface area (Å²) in [7, 11) is 0. The molecule has 3 saturated heterocycles. The van der Waals surface area contributed by atoms with Crippen LogP contribution in [0.5, 0.6) is 0 Å². The van der Waals surface area contributed by atoms with Gasteiger partial charge in [-0.1, -0.05) is 53.2 Å². The number of carbonyl (C=O) groups excluding carboxylic acids is 1. The van der Waals surface area contributed by atoms with Crippen LogP contribution in [0.25, 0.3) is 0 Å². The van der Waals surface area contributed by atoms with Crippen molar-refractivity contribution in [2.24, 2.45) is 50.7 Å². The van der Waals surface area contributed by atoms with Crippen LogP contribution in [0.2, 0.25) is 0 Å². The number of ether oxygens (including phenoxy) is 6. The third-order valence-electron chi connectivity index (χ3n) is 18.9. The van der Waals surface area contributed by atoms with Crippen LogP contribution in [0.3, 0.4) is 0 Å². The van der Waals surface area contributed by atoms with Gasteiger partial charge < -0.3 is 79.5 Å². The van der Waals surface area contributed by atoms with Gasteiger partial charge in [0.15, 0.2) is 12.6 Å². The van der Waals surface area contributed by atoms with Crippen molar-refractivity contribution in [2.75, 3.05) is 19.8 Å². The fraction of sp³-hybridized carbons (Fsp3) is 0.935. The first-order chi connectivity index (χ1) is 29.4. The number of hydrogen-bond donors (Lipinski definition) is 10. The molecule has 10 N–H and O–H groups in total. The Bertz CT molecular complexity index is 1730. The Hall–Kier alpha value is -1.39. The number of rotatable bonds is 7. The molecule has 4 saturated carbocycles. The second-order valence-corrected chi connectivity index (χ2v) is 22.3. The lowest BCUT2D eigenvalue weighted by Crippen LogP contribution is -2.68. The number of carbonyl (C=O) groups is 1. The Morgan fingerprint density at radius 2 is 1.32 bits per heavy atom. The quantitative estimate of drug-likeness (QED) is 0.0941. The van der Waals surface area contributed by atoms with Gasteiger partial charge in [0.2, 0.25) is 6.29 Å². The van der Waals surface area contributed by atoms with Crippen LogP contribution in [0.4, 0.5) is 0 Å². The number of esters is 1. The molecule has 23 atom stereocenters. The van der Waals surface area contributed by atoms with Gasteiger partial charge in [-0.25, -0.2) is 0 Å². The van der Waals surface area contributed by atoms with E-state index in [2.05, 4.69) is 40.7 Å². The molecule has 0 amide bonds. The fourth-order valence-corrected chi connectivity index (χ4v) is 14.6. The first-order valence-corrected chi connectivity index (χ1v) is 23.3. The molecule has 0 aromatic heterocycles. The Morgan fingerprint density at radius 3 is 1.98 bits per heavy atom. The first-order valence-electron chi connectivity index (χ1n) is 23.3. The van der Waals surface area contributed by atoms with Gasteiger partial charge in [-0.05, 0) is 104 Å². The van der Waals surface area contributed by atoms with E-state index in [9.17, 15) is 55.9 Å². The molecule has 0 aromatic rings. The third-order valence-corrected chi connectivity index (χ3v) is 18.9. The van der Waals surface area contributed by atoms with E-state index in [1.54, 1.807) is 0 Å². The summed E-state index contributed by atoms with van der Waals surface area (Å²) in [4.78, 5) is 15.0. The summed E-state index contributed by atoms with van der Waals surface area (Å²) in [6, 6.07) is 0. The molecule has 8 aliphatic rings. The Labute approximate surface area is 369 Å². The monoisotopic (exact) mass is 898 g/mol. The van der Waals surface area contributed by atoms with E-state index in [0.717, 1.165) is 31.3 Å². The van der Waals surface area contributed by atoms with Crippen molar-refractivity contribution in [3.8, 4) is 0 Å². The van der Waals surface area contributed by atoms with E-state index in [4.69, 9.17) is 28.4 Å². The van der Waals surface area contributed by atoms with E-state index < -0.39 is 115 Å². The largest absolute Gasteiger partial charge is 0.432 e. The minimum absolute atomic E-state index is 0.110. The second kappa shape index (κ2) is 16.7. The summed E-state index contributed by atoms with van der Waals surface area (Å²) in [6.45, 7) is 14.5. The molecule has 7 fully saturated rings. The zero-order chi connectivity index (χ0) is 46.0. The molecule has 0 aromatic carbocycles. The average molecular weight is 899 g/mol. The zero-order valence-corrected chi connectivity index (χ0v) is 37.8. The lowest BCUT2D eigenvalue weighted by molar-refractivity contribution is -0.318. The number of aliphatic hydroxyl groups is 10. The summed E-state index contributed by atoms with van der Waals surface area (Å²) in [6.07, 6.45) is -11.1. The van der Waals surface area contributed by atoms with Crippen molar-refractivity contribution < 1.29 is 84.3 Å². The molecule has 0 bridgehead atoms. The third kappa shape index (κ3) is 7.32. The molecule has 63 heavy (non-hydrogen) atoms. The summed E-state index contributed by atoms with van der Waals surface area (Å²) < 4.78 is 35.0. The van der Waals surface area contributed by atoms with Gasteiger partial charge in [-0.3, -0.25) is 4.79 Å². The van der Waals surface area contributed by atoms with Gasteiger partial charge in [0, 0.05) is 5.92 Å². The molecular weight excluding hydrogens is 824 g/mol.